The number of fused-ring (bicyclic) bond motifs is 2. The van der Waals surface area contributed by atoms with Crippen LogP contribution in [0.4, 0.5) is 0 Å². The Kier molecular flexibility index (Phi) is 11.6. The second kappa shape index (κ2) is 16.8. The van der Waals surface area contributed by atoms with Gasteiger partial charge >= 0.3 is 0 Å². The molecule has 3 aromatic heterocycles. The first-order chi connectivity index (χ1) is 31.8. The molecule has 0 atom stereocenters. The van der Waals surface area contributed by atoms with Crippen molar-refractivity contribution in [1.29, 1.82) is 0 Å². The zero-order valence-electron chi connectivity index (χ0n) is 41.9. The van der Waals surface area contributed by atoms with Crippen LogP contribution in [-0.2, 0) is 21.7 Å². The molecule has 8 heteroatoms. The van der Waals surface area contributed by atoms with Crippen molar-refractivity contribution in [2.45, 2.75) is 119 Å². The van der Waals surface area contributed by atoms with Gasteiger partial charge in [-0.25, -0.2) is 19.9 Å². The lowest BCUT2D eigenvalue weighted by atomic mass is 9.79. The minimum absolute atomic E-state index is 0.102. The number of aromatic hydroxyl groups is 2. The molecule has 0 saturated heterocycles. The minimum atomic E-state index is -0.243. The smallest absolute Gasteiger partial charge is 0.129 e. The van der Waals surface area contributed by atoms with Crippen LogP contribution >= 0.6 is 22.7 Å². The summed E-state index contributed by atoms with van der Waals surface area (Å²) in [5.41, 5.74) is 16.9. The van der Waals surface area contributed by atoms with Crippen LogP contribution in [0.25, 0.3) is 86.3 Å². The first-order valence-corrected chi connectivity index (χ1v) is 25.1. The van der Waals surface area contributed by atoms with Crippen molar-refractivity contribution >= 4 is 43.1 Å². The summed E-state index contributed by atoms with van der Waals surface area (Å²) in [4.78, 5) is 20.2. The van der Waals surface area contributed by atoms with E-state index < -0.39 is 0 Å². The van der Waals surface area contributed by atoms with Gasteiger partial charge in [0.05, 0.1) is 42.9 Å². The van der Waals surface area contributed by atoms with Crippen LogP contribution in [0.15, 0.2) is 109 Å². The van der Waals surface area contributed by atoms with Crippen molar-refractivity contribution in [3.05, 3.63) is 143 Å². The number of nitrogens with zero attached hydrogens (tertiary/aromatic N) is 4. The summed E-state index contributed by atoms with van der Waals surface area (Å²) in [5.74, 6) is 0.597. The SMILES string of the molecule is Cc1cc(-c2cc(-c3cc(C)cc(-c4cccc5sc(-c6cc(C(C)(C)C)cc(C(C)(C)C)c6O)nc45)c3)ncn2)cc(-c2cccc3sc(-c4cc(C(C)(C)C)cc(C(C)(C)C)c4O)nc23)c1. The Morgan fingerprint density at radius 2 is 0.794 bits per heavy atom. The van der Waals surface area contributed by atoms with Gasteiger partial charge in [0.2, 0.25) is 0 Å². The number of hydrogen-bond acceptors (Lipinski definition) is 8. The molecule has 2 N–H and O–H groups in total. The molecule has 6 aromatic carbocycles. The highest BCUT2D eigenvalue weighted by Gasteiger charge is 2.29. The third kappa shape index (κ3) is 8.97. The molecule has 9 aromatic rings. The monoisotopic (exact) mass is 934 g/mol. The van der Waals surface area contributed by atoms with Gasteiger partial charge in [-0.3, -0.25) is 0 Å². The fourth-order valence-corrected chi connectivity index (χ4v) is 11.1. The number of phenols is 2. The standard InChI is InChI=1S/C60H62N4O2S2/c1-33-21-35(41-17-15-19-49-51(41)63-55(67-49)43-27-39(57(3,4)5)29-45(53(43)65)59(9,10)11)25-37(23-33)47-31-48(62-32-61-47)38-24-34(2)22-36(26-38)42-18-16-20-50-52(42)64-56(68-50)44-28-40(58(6,7)8)30-46(54(44)66)60(12,13)14/h15-32,65-66H,1-14H3. The van der Waals surface area contributed by atoms with E-state index in [9.17, 15) is 10.2 Å². The quantitative estimate of drug-likeness (QED) is 0.173. The molecule has 346 valence electrons. The van der Waals surface area contributed by atoms with Gasteiger partial charge in [-0.05, 0) is 123 Å². The van der Waals surface area contributed by atoms with Gasteiger partial charge in [0.15, 0.2) is 0 Å². The van der Waals surface area contributed by atoms with E-state index in [2.05, 4.69) is 200 Å². The van der Waals surface area contributed by atoms with E-state index >= 15 is 0 Å². The van der Waals surface area contributed by atoms with Crippen LogP contribution < -0.4 is 0 Å². The fraction of sp³-hybridized carbons (Fsp3) is 0.300. The first-order valence-electron chi connectivity index (χ1n) is 23.5. The highest BCUT2D eigenvalue weighted by molar-refractivity contribution is 7.22. The van der Waals surface area contributed by atoms with Gasteiger partial charge < -0.3 is 10.2 Å². The number of aryl methyl sites for hydroxylation is 2. The number of para-hydroxylation sites is 2. The Balaban J connectivity index is 1.09. The van der Waals surface area contributed by atoms with Crippen molar-refractivity contribution < 1.29 is 10.2 Å². The average Bonchev–Trinajstić information content (AvgIpc) is 3.90. The molecule has 0 aliphatic carbocycles. The van der Waals surface area contributed by atoms with Gasteiger partial charge in [-0.1, -0.05) is 132 Å². The predicted molar refractivity (Wildman–Crippen MR) is 289 cm³/mol. The second-order valence-electron chi connectivity index (χ2n) is 22.6. The van der Waals surface area contributed by atoms with Crippen molar-refractivity contribution in [1.82, 2.24) is 19.9 Å². The third-order valence-corrected chi connectivity index (χ3v) is 15.0. The van der Waals surface area contributed by atoms with Crippen LogP contribution in [0.1, 0.15) is 116 Å². The minimum Gasteiger partial charge on any atom is -0.507 e. The van der Waals surface area contributed by atoms with E-state index in [0.717, 1.165) is 109 Å². The van der Waals surface area contributed by atoms with Crippen molar-refractivity contribution in [3.8, 4) is 77.4 Å². The Morgan fingerprint density at radius 3 is 1.16 bits per heavy atom. The zero-order valence-corrected chi connectivity index (χ0v) is 43.5. The van der Waals surface area contributed by atoms with Gasteiger partial charge in [0, 0.05) is 33.4 Å². The highest BCUT2D eigenvalue weighted by atomic mass is 32.1. The molecule has 0 aliphatic heterocycles. The molecule has 3 heterocycles. The van der Waals surface area contributed by atoms with Crippen LogP contribution in [-0.4, -0.2) is 30.1 Å². The summed E-state index contributed by atoms with van der Waals surface area (Å²) in [6.45, 7) is 30.4. The molecule has 0 bridgehead atoms. The molecule has 0 aliphatic rings. The molecule has 68 heavy (non-hydrogen) atoms. The Labute approximate surface area is 409 Å². The predicted octanol–water partition coefficient (Wildman–Crippen LogP) is 16.9. The summed E-state index contributed by atoms with van der Waals surface area (Å²) in [6, 6.07) is 36.5. The van der Waals surface area contributed by atoms with Crippen molar-refractivity contribution in [2.24, 2.45) is 0 Å². The van der Waals surface area contributed by atoms with E-state index in [1.165, 1.54) is 11.1 Å². The van der Waals surface area contributed by atoms with E-state index in [1.807, 2.05) is 0 Å². The normalized spacial score (nSPS) is 12.7. The van der Waals surface area contributed by atoms with E-state index in [4.69, 9.17) is 19.9 Å². The van der Waals surface area contributed by atoms with E-state index in [-0.39, 0.29) is 21.7 Å². The molecule has 0 unspecified atom stereocenters. The number of phenolic OH excluding ortho intramolecular Hbond substituents is 2. The van der Waals surface area contributed by atoms with Crippen molar-refractivity contribution in [2.75, 3.05) is 0 Å². The molecule has 0 amide bonds. The molecular weight excluding hydrogens is 873 g/mol. The molecule has 0 saturated carbocycles. The van der Waals surface area contributed by atoms with Gasteiger partial charge in [0.25, 0.3) is 0 Å². The average molecular weight is 935 g/mol. The molecule has 6 nitrogen and oxygen atoms in total. The summed E-state index contributed by atoms with van der Waals surface area (Å²) in [7, 11) is 0. The fourth-order valence-electron chi connectivity index (χ4n) is 9.04. The summed E-state index contributed by atoms with van der Waals surface area (Å²) in [6.07, 6.45) is 1.66. The van der Waals surface area contributed by atoms with E-state index in [0.29, 0.717) is 11.5 Å². The zero-order chi connectivity index (χ0) is 48.8. The van der Waals surface area contributed by atoms with Crippen LogP contribution in [0.5, 0.6) is 11.5 Å². The largest absolute Gasteiger partial charge is 0.507 e. The Hall–Kier alpha value is -6.22. The molecule has 0 fully saturated rings. The lowest BCUT2D eigenvalue weighted by Crippen LogP contribution is -2.17. The van der Waals surface area contributed by atoms with Gasteiger partial charge in [-0.15, -0.1) is 22.7 Å². The molecular formula is C60H62N4O2S2. The maximum Gasteiger partial charge on any atom is 0.129 e. The number of benzene rings is 6. The first kappa shape index (κ1) is 46.9. The van der Waals surface area contributed by atoms with Gasteiger partial charge in [-0.2, -0.15) is 0 Å². The lowest BCUT2D eigenvalue weighted by molar-refractivity contribution is 0.446. The summed E-state index contributed by atoms with van der Waals surface area (Å²) < 4.78 is 2.12. The van der Waals surface area contributed by atoms with Gasteiger partial charge in [0.1, 0.15) is 27.8 Å². The van der Waals surface area contributed by atoms with Crippen LogP contribution in [0.3, 0.4) is 0 Å². The maximum atomic E-state index is 11.8. The second-order valence-corrected chi connectivity index (χ2v) is 24.7. The number of rotatable bonds is 6. The Morgan fingerprint density at radius 1 is 0.412 bits per heavy atom. The highest BCUT2D eigenvalue weighted by Crippen LogP contribution is 2.47. The number of aromatic nitrogens is 4. The summed E-state index contributed by atoms with van der Waals surface area (Å²) in [5, 5.41) is 25.1. The number of thiazole rings is 2. The molecule has 9 rings (SSSR count). The lowest BCUT2D eigenvalue weighted by Gasteiger charge is -2.27. The topological polar surface area (TPSA) is 92.0 Å². The summed E-state index contributed by atoms with van der Waals surface area (Å²) >= 11 is 3.23. The Bertz CT molecular complexity index is 3210. The molecule has 0 radical (unpaired) electrons. The van der Waals surface area contributed by atoms with Crippen LogP contribution in [0.2, 0.25) is 0 Å². The molecule has 0 spiro atoms. The van der Waals surface area contributed by atoms with E-state index in [1.54, 1.807) is 29.0 Å². The van der Waals surface area contributed by atoms with Crippen molar-refractivity contribution in [3.63, 3.8) is 0 Å². The third-order valence-electron chi connectivity index (χ3n) is 12.9. The maximum absolute atomic E-state index is 11.8. The number of hydrogen-bond donors (Lipinski definition) is 2. The van der Waals surface area contributed by atoms with Crippen LogP contribution in [0, 0.1) is 13.8 Å².